The number of aromatic nitrogens is 1. The van der Waals surface area contributed by atoms with Crippen LogP contribution >= 0.6 is 0 Å². The molecule has 0 bridgehead atoms. The number of rotatable bonds is 5. The number of aryl methyl sites for hydroxylation is 2. The summed E-state index contributed by atoms with van der Waals surface area (Å²) >= 11 is 0. The molecule has 1 N–H and O–H groups in total. The van der Waals surface area contributed by atoms with Crippen LogP contribution < -0.4 is 5.32 Å². The number of carbonyl (C=O) groups excluding carboxylic acids is 1. The summed E-state index contributed by atoms with van der Waals surface area (Å²) in [5.74, 6) is 0.101. The van der Waals surface area contributed by atoms with Gasteiger partial charge in [-0.2, -0.15) is 0 Å². The number of fused-ring (bicyclic) bond motifs is 1. The molecule has 1 aromatic heterocycles. The Morgan fingerprint density at radius 3 is 2.96 bits per heavy atom. The third-order valence-electron chi connectivity index (χ3n) is 5.40. The molecule has 25 heavy (non-hydrogen) atoms. The summed E-state index contributed by atoms with van der Waals surface area (Å²) in [4.78, 5) is 19.2. The number of carbonyl (C=O) groups is 1. The van der Waals surface area contributed by atoms with Gasteiger partial charge in [0.2, 0.25) is 5.91 Å². The minimum atomic E-state index is 0.101. The molecule has 1 fully saturated rings. The fourth-order valence-electron chi connectivity index (χ4n) is 4.12. The summed E-state index contributed by atoms with van der Waals surface area (Å²) in [6.45, 7) is 1.84. The van der Waals surface area contributed by atoms with E-state index in [0.717, 1.165) is 37.3 Å². The molecule has 2 heterocycles. The van der Waals surface area contributed by atoms with Gasteiger partial charge in [-0.15, -0.1) is 0 Å². The van der Waals surface area contributed by atoms with Crippen LogP contribution in [0.15, 0.2) is 42.6 Å². The minimum absolute atomic E-state index is 0.101. The number of nitrogens with one attached hydrogen (secondary N) is 1. The predicted molar refractivity (Wildman–Crippen MR) is 99.5 cm³/mol. The number of likely N-dealkylation sites (tertiary alicyclic amines) is 1. The SMILES string of the molecule is O=C(CCN1CCC[C@@H]1c1ccccn1)Nc1ccc2c(c1)CCC2. The molecule has 1 aliphatic carbocycles. The van der Waals surface area contributed by atoms with Gasteiger partial charge >= 0.3 is 0 Å². The number of anilines is 1. The summed E-state index contributed by atoms with van der Waals surface area (Å²) < 4.78 is 0. The molecule has 1 aliphatic heterocycles. The molecule has 130 valence electrons. The van der Waals surface area contributed by atoms with Gasteiger partial charge in [0.1, 0.15) is 0 Å². The molecule has 1 atom stereocenters. The van der Waals surface area contributed by atoms with E-state index in [1.54, 1.807) is 0 Å². The Morgan fingerprint density at radius 2 is 2.08 bits per heavy atom. The van der Waals surface area contributed by atoms with E-state index < -0.39 is 0 Å². The van der Waals surface area contributed by atoms with Crippen LogP contribution in [-0.4, -0.2) is 28.9 Å². The summed E-state index contributed by atoms with van der Waals surface area (Å²) in [5.41, 5.74) is 4.90. The first-order chi connectivity index (χ1) is 12.3. The maximum absolute atomic E-state index is 12.4. The Bertz CT molecular complexity index is 744. The average molecular weight is 335 g/mol. The van der Waals surface area contributed by atoms with Crippen LogP contribution in [0.1, 0.15) is 48.5 Å². The second-order valence-corrected chi connectivity index (χ2v) is 7.08. The van der Waals surface area contributed by atoms with Crippen molar-refractivity contribution in [3.63, 3.8) is 0 Å². The molecular weight excluding hydrogens is 310 g/mol. The zero-order valence-corrected chi connectivity index (χ0v) is 14.6. The highest BCUT2D eigenvalue weighted by molar-refractivity contribution is 5.91. The Hall–Kier alpha value is -2.20. The number of benzene rings is 1. The Morgan fingerprint density at radius 1 is 1.16 bits per heavy atom. The van der Waals surface area contributed by atoms with E-state index in [4.69, 9.17) is 0 Å². The van der Waals surface area contributed by atoms with Crippen molar-refractivity contribution in [3.05, 3.63) is 59.4 Å². The van der Waals surface area contributed by atoms with Crippen molar-refractivity contribution in [2.75, 3.05) is 18.4 Å². The van der Waals surface area contributed by atoms with E-state index in [1.165, 1.54) is 30.4 Å². The third-order valence-corrected chi connectivity index (χ3v) is 5.40. The Labute approximate surface area is 149 Å². The highest BCUT2D eigenvalue weighted by Gasteiger charge is 2.26. The van der Waals surface area contributed by atoms with Crippen molar-refractivity contribution in [2.45, 2.75) is 44.6 Å². The lowest BCUT2D eigenvalue weighted by atomic mass is 10.1. The van der Waals surface area contributed by atoms with Crippen LogP contribution in [0.2, 0.25) is 0 Å². The van der Waals surface area contributed by atoms with Crippen molar-refractivity contribution in [1.29, 1.82) is 0 Å². The van der Waals surface area contributed by atoms with Crippen LogP contribution in [0.25, 0.3) is 0 Å². The zero-order chi connectivity index (χ0) is 17.1. The second-order valence-electron chi connectivity index (χ2n) is 7.08. The van der Waals surface area contributed by atoms with Gasteiger partial charge < -0.3 is 5.32 Å². The van der Waals surface area contributed by atoms with Crippen molar-refractivity contribution < 1.29 is 4.79 Å². The van der Waals surface area contributed by atoms with Gasteiger partial charge in [0, 0.05) is 24.8 Å². The van der Waals surface area contributed by atoms with E-state index in [0.29, 0.717) is 12.5 Å². The van der Waals surface area contributed by atoms with Gasteiger partial charge in [-0.3, -0.25) is 14.7 Å². The van der Waals surface area contributed by atoms with Gasteiger partial charge in [-0.05, 0) is 74.0 Å². The quantitative estimate of drug-likeness (QED) is 0.905. The van der Waals surface area contributed by atoms with E-state index in [2.05, 4.69) is 33.4 Å². The molecule has 2 aliphatic rings. The molecule has 0 spiro atoms. The van der Waals surface area contributed by atoms with Gasteiger partial charge in [-0.25, -0.2) is 0 Å². The van der Waals surface area contributed by atoms with E-state index >= 15 is 0 Å². The van der Waals surface area contributed by atoms with Crippen LogP contribution in [0.3, 0.4) is 0 Å². The summed E-state index contributed by atoms with van der Waals surface area (Å²) in [5, 5.41) is 3.07. The first-order valence-corrected chi connectivity index (χ1v) is 9.36. The Balaban J connectivity index is 1.32. The number of hydrogen-bond acceptors (Lipinski definition) is 3. The molecular formula is C21H25N3O. The molecule has 1 amide bonds. The summed E-state index contributed by atoms with van der Waals surface area (Å²) in [7, 11) is 0. The third kappa shape index (κ3) is 3.74. The van der Waals surface area contributed by atoms with Crippen molar-refractivity contribution in [3.8, 4) is 0 Å². The van der Waals surface area contributed by atoms with Crippen molar-refractivity contribution >= 4 is 11.6 Å². The van der Waals surface area contributed by atoms with Gasteiger partial charge in [0.05, 0.1) is 11.7 Å². The number of amides is 1. The lowest BCUT2D eigenvalue weighted by Crippen LogP contribution is -2.28. The summed E-state index contributed by atoms with van der Waals surface area (Å²) in [6, 6.07) is 12.8. The maximum atomic E-state index is 12.4. The molecule has 4 heteroatoms. The van der Waals surface area contributed by atoms with Crippen LogP contribution in [0, 0.1) is 0 Å². The summed E-state index contributed by atoms with van der Waals surface area (Å²) in [6.07, 6.45) is 8.23. The van der Waals surface area contributed by atoms with Gasteiger partial charge in [0.25, 0.3) is 0 Å². The van der Waals surface area contributed by atoms with Crippen molar-refractivity contribution in [2.24, 2.45) is 0 Å². The first kappa shape index (κ1) is 16.3. The lowest BCUT2D eigenvalue weighted by molar-refractivity contribution is -0.116. The molecule has 0 saturated carbocycles. The highest BCUT2D eigenvalue weighted by atomic mass is 16.1. The first-order valence-electron chi connectivity index (χ1n) is 9.36. The molecule has 1 saturated heterocycles. The highest BCUT2D eigenvalue weighted by Crippen LogP contribution is 2.30. The van der Waals surface area contributed by atoms with Gasteiger partial charge in [-0.1, -0.05) is 12.1 Å². The second kappa shape index (κ2) is 7.36. The average Bonchev–Trinajstić information content (AvgIpc) is 3.29. The maximum Gasteiger partial charge on any atom is 0.225 e. The number of nitrogens with zero attached hydrogens (tertiary/aromatic N) is 2. The number of pyridine rings is 1. The Kier molecular flexibility index (Phi) is 4.79. The largest absolute Gasteiger partial charge is 0.326 e. The molecule has 2 aromatic rings. The van der Waals surface area contributed by atoms with E-state index in [-0.39, 0.29) is 5.91 Å². The smallest absolute Gasteiger partial charge is 0.225 e. The fraction of sp³-hybridized carbons (Fsp3) is 0.429. The molecule has 4 rings (SSSR count). The van der Waals surface area contributed by atoms with Crippen LogP contribution in [-0.2, 0) is 17.6 Å². The molecule has 0 unspecified atom stereocenters. The van der Waals surface area contributed by atoms with E-state index in [9.17, 15) is 4.79 Å². The number of hydrogen-bond donors (Lipinski definition) is 1. The monoisotopic (exact) mass is 335 g/mol. The van der Waals surface area contributed by atoms with E-state index in [1.807, 2.05) is 24.4 Å². The molecule has 1 aromatic carbocycles. The minimum Gasteiger partial charge on any atom is -0.326 e. The zero-order valence-electron chi connectivity index (χ0n) is 14.6. The topological polar surface area (TPSA) is 45.2 Å². The van der Waals surface area contributed by atoms with Crippen LogP contribution in [0.5, 0.6) is 0 Å². The normalized spacial score (nSPS) is 19.8. The van der Waals surface area contributed by atoms with Crippen LogP contribution in [0.4, 0.5) is 5.69 Å². The lowest BCUT2D eigenvalue weighted by Gasteiger charge is -2.23. The predicted octanol–water partition coefficient (Wildman–Crippen LogP) is 3.74. The standard InChI is InChI=1S/C21H25N3O/c25-21(23-18-10-9-16-5-3-6-17(16)15-18)11-14-24-13-4-8-20(24)19-7-1-2-12-22-19/h1-2,7,9-10,12,15,20H,3-6,8,11,13-14H2,(H,23,25)/t20-/m1/s1. The van der Waals surface area contributed by atoms with Gasteiger partial charge in [0.15, 0.2) is 0 Å². The van der Waals surface area contributed by atoms with Crippen molar-refractivity contribution in [1.82, 2.24) is 9.88 Å². The fourth-order valence-corrected chi connectivity index (χ4v) is 4.12. The molecule has 4 nitrogen and oxygen atoms in total. The molecule has 0 radical (unpaired) electrons.